The Morgan fingerprint density at radius 1 is 1.44 bits per heavy atom. The van der Waals surface area contributed by atoms with Crippen molar-refractivity contribution in [3.63, 3.8) is 0 Å². The smallest absolute Gasteiger partial charge is 0.106 e. The van der Waals surface area contributed by atoms with Crippen LogP contribution in [0.1, 0.15) is 31.2 Å². The molecule has 4 heteroatoms. The molecule has 18 heavy (non-hydrogen) atoms. The van der Waals surface area contributed by atoms with Crippen molar-refractivity contribution < 1.29 is 0 Å². The minimum Gasteiger partial charge on any atom is -0.389 e. The lowest BCUT2D eigenvalue weighted by molar-refractivity contribution is 0.467. The second-order valence-electron chi connectivity index (χ2n) is 5.54. The highest BCUT2D eigenvalue weighted by Gasteiger charge is 2.53. The molecular weight excluding hydrogens is 308 g/mol. The average molecular weight is 325 g/mol. The predicted octanol–water partition coefficient (Wildman–Crippen LogP) is 3.69. The molecule has 96 valence electrons. The Hall–Kier alpha value is -0.610. The summed E-state index contributed by atoms with van der Waals surface area (Å²) in [5.74, 6) is 0.966. The molecule has 3 rings (SSSR count). The maximum Gasteiger partial charge on any atom is 0.106 e. The number of hydrogen-bond acceptors (Lipinski definition) is 2. The summed E-state index contributed by atoms with van der Waals surface area (Å²) in [5.41, 5.74) is 8.37. The molecule has 0 heterocycles. The van der Waals surface area contributed by atoms with Crippen molar-refractivity contribution in [1.82, 2.24) is 0 Å². The molecule has 0 radical (unpaired) electrons. The molecule has 0 unspecified atom stereocenters. The Labute approximate surface area is 121 Å². The van der Waals surface area contributed by atoms with Gasteiger partial charge in [0.25, 0.3) is 0 Å². The Bertz CT molecular complexity index is 493. The summed E-state index contributed by atoms with van der Waals surface area (Å²) in [7, 11) is 0. The SMILES string of the molecule is NC(=S)c1cc(Br)ccc1NCC1(C2CC2)CC1. The third kappa shape index (κ3) is 2.41. The van der Waals surface area contributed by atoms with E-state index in [0.717, 1.165) is 28.2 Å². The van der Waals surface area contributed by atoms with Crippen molar-refractivity contribution >= 4 is 38.8 Å². The molecule has 2 fully saturated rings. The second-order valence-corrected chi connectivity index (χ2v) is 6.90. The summed E-state index contributed by atoms with van der Waals surface area (Å²) in [5, 5.41) is 3.56. The molecule has 2 aliphatic rings. The minimum atomic E-state index is 0.454. The van der Waals surface area contributed by atoms with E-state index in [1.165, 1.54) is 25.7 Å². The van der Waals surface area contributed by atoms with Gasteiger partial charge in [-0.25, -0.2) is 0 Å². The van der Waals surface area contributed by atoms with Crippen molar-refractivity contribution in [2.45, 2.75) is 25.7 Å². The molecule has 2 nitrogen and oxygen atoms in total. The van der Waals surface area contributed by atoms with Crippen LogP contribution in [0.3, 0.4) is 0 Å². The molecule has 3 N–H and O–H groups in total. The first kappa shape index (κ1) is 12.4. The van der Waals surface area contributed by atoms with Crippen molar-refractivity contribution in [3.8, 4) is 0 Å². The largest absolute Gasteiger partial charge is 0.389 e. The van der Waals surface area contributed by atoms with Gasteiger partial charge in [0.15, 0.2) is 0 Å². The topological polar surface area (TPSA) is 38.0 Å². The molecule has 1 aromatic rings. The summed E-state index contributed by atoms with van der Waals surface area (Å²) < 4.78 is 1.01. The van der Waals surface area contributed by atoms with Crippen LogP contribution >= 0.6 is 28.1 Å². The fraction of sp³-hybridized carbons (Fsp3) is 0.500. The summed E-state index contributed by atoms with van der Waals surface area (Å²) in [4.78, 5) is 0.454. The fourth-order valence-corrected chi connectivity index (χ4v) is 3.26. The normalized spacial score (nSPS) is 20.5. The van der Waals surface area contributed by atoms with Crippen LogP contribution in [0.25, 0.3) is 0 Å². The number of anilines is 1. The first-order chi connectivity index (χ1) is 8.61. The van der Waals surface area contributed by atoms with Gasteiger partial charge in [0.1, 0.15) is 4.99 Å². The first-order valence-electron chi connectivity index (χ1n) is 6.44. The average Bonchev–Trinajstić information content (AvgIpc) is 3.19. The van der Waals surface area contributed by atoms with Crippen LogP contribution in [0, 0.1) is 11.3 Å². The second kappa shape index (κ2) is 4.49. The molecule has 0 atom stereocenters. The van der Waals surface area contributed by atoms with Gasteiger partial charge in [-0.2, -0.15) is 0 Å². The number of nitrogens with two attached hydrogens (primary N) is 1. The fourth-order valence-electron chi connectivity index (χ4n) is 2.73. The van der Waals surface area contributed by atoms with Crippen LogP contribution in [0.5, 0.6) is 0 Å². The van der Waals surface area contributed by atoms with E-state index in [4.69, 9.17) is 18.0 Å². The molecule has 0 bridgehead atoms. The Kier molecular flexibility index (Phi) is 3.10. The molecular formula is C14H17BrN2S. The van der Waals surface area contributed by atoms with E-state index < -0.39 is 0 Å². The molecule has 0 spiro atoms. The zero-order valence-electron chi connectivity index (χ0n) is 10.2. The molecule has 0 aromatic heterocycles. The lowest BCUT2D eigenvalue weighted by Crippen LogP contribution is -2.20. The van der Waals surface area contributed by atoms with Gasteiger partial charge in [0.05, 0.1) is 0 Å². The molecule has 0 aliphatic heterocycles. The summed E-state index contributed by atoms with van der Waals surface area (Å²) >= 11 is 8.57. The summed E-state index contributed by atoms with van der Waals surface area (Å²) in [6.07, 6.45) is 5.60. The zero-order valence-corrected chi connectivity index (χ0v) is 12.6. The lowest BCUT2D eigenvalue weighted by atomic mass is 10.0. The van der Waals surface area contributed by atoms with Gasteiger partial charge in [0, 0.05) is 22.3 Å². The third-order valence-electron chi connectivity index (χ3n) is 4.21. The summed E-state index contributed by atoms with van der Waals surface area (Å²) in [6.45, 7) is 1.06. The van der Waals surface area contributed by atoms with Gasteiger partial charge >= 0.3 is 0 Å². The van der Waals surface area contributed by atoms with Crippen LogP contribution in [0.2, 0.25) is 0 Å². The monoisotopic (exact) mass is 324 g/mol. The molecule has 2 aliphatic carbocycles. The Balaban J connectivity index is 1.74. The Morgan fingerprint density at radius 3 is 2.72 bits per heavy atom. The zero-order chi connectivity index (χ0) is 12.8. The van der Waals surface area contributed by atoms with Gasteiger partial charge < -0.3 is 11.1 Å². The van der Waals surface area contributed by atoms with E-state index in [1.54, 1.807) is 0 Å². The standard InChI is InChI=1S/C14H17BrN2S/c15-10-3-4-12(11(7-10)13(16)18)17-8-14(5-6-14)9-1-2-9/h3-4,7,9,17H,1-2,5-6,8H2,(H2,16,18). The summed E-state index contributed by atoms with van der Waals surface area (Å²) in [6, 6.07) is 6.07. The van der Waals surface area contributed by atoms with Gasteiger partial charge in [-0.05, 0) is 55.2 Å². The van der Waals surface area contributed by atoms with Gasteiger partial charge in [-0.1, -0.05) is 28.1 Å². The van der Waals surface area contributed by atoms with E-state index in [9.17, 15) is 0 Å². The van der Waals surface area contributed by atoms with Crippen molar-refractivity contribution in [1.29, 1.82) is 0 Å². The van der Waals surface area contributed by atoms with Crippen molar-refractivity contribution in [2.75, 3.05) is 11.9 Å². The molecule has 0 saturated heterocycles. The lowest BCUT2D eigenvalue weighted by Gasteiger charge is -2.18. The highest BCUT2D eigenvalue weighted by Crippen LogP contribution is 2.61. The van der Waals surface area contributed by atoms with Crippen LogP contribution in [-0.2, 0) is 0 Å². The van der Waals surface area contributed by atoms with E-state index in [2.05, 4.69) is 27.3 Å². The highest BCUT2D eigenvalue weighted by molar-refractivity contribution is 9.10. The highest BCUT2D eigenvalue weighted by atomic mass is 79.9. The van der Waals surface area contributed by atoms with Gasteiger partial charge in [-0.3, -0.25) is 0 Å². The van der Waals surface area contributed by atoms with Crippen LogP contribution < -0.4 is 11.1 Å². The van der Waals surface area contributed by atoms with E-state index >= 15 is 0 Å². The van der Waals surface area contributed by atoms with Gasteiger partial charge in [0.2, 0.25) is 0 Å². The third-order valence-corrected chi connectivity index (χ3v) is 4.93. The number of hydrogen-bond donors (Lipinski definition) is 2. The molecule has 1 aromatic carbocycles. The number of halogens is 1. The quantitative estimate of drug-likeness (QED) is 0.811. The van der Waals surface area contributed by atoms with E-state index in [1.807, 2.05) is 12.1 Å². The number of benzene rings is 1. The maximum absolute atomic E-state index is 5.78. The van der Waals surface area contributed by atoms with Crippen molar-refractivity contribution in [3.05, 3.63) is 28.2 Å². The maximum atomic E-state index is 5.78. The number of nitrogens with one attached hydrogen (secondary N) is 1. The number of thiocarbonyl (C=S) groups is 1. The van der Waals surface area contributed by atoms with Gasteiger partial charge in [-0.15, -0.1) is 0 Å². The predicted molar refractivity (Wildman–Crippen MR) is 82.9 cm³/mol. The molecule has 0 amide bonds. The molecule has 2 saturated carbocycles. The minimum absolute atomic E-state index is 0.454. The van der Waals surface area contributed by atoms with Crippen molar-refractivity contribution in [2.24, 2.45) is 17.1 Å². The number of rotatable bonds is 5. The first-order valence-corrected chi connectivity index (χ1v) is 7.64. The van der Waals surface area contributed by atoms with Crippen LogP contribution in [-0.4, -0.2) is 11.5 Å². The van der Waals surface area contributed by atoms with Crippen LogP contribution in [0.15, 0.2) is 22.7 Å². The van der Waals surface area contributed by atoms with Crippen LogP contribution in [0.4, 0.5) is 5.69 Å². The van der Waals surface area contributed by atoms with E-state index in [0.29, 0.717) is 10.4 Å². The van der Waals surface area contributed by atoms with E-state index in [-0.39, 0.29) is 0 Å². The Morgan fingerprint density at radius 2 is 2.17 bits per heavy atom.